The number of hydrogen-bond acceptors (Lipinski definition) is 0. The fourth-order valence-electron chi connectivity index (χ4n) is 0.887. The van der Waals surface area contributed by atoms with Crippen LogP contribution in [0.1, 0.15) is 26.3 Å². The molecule has 0 spiro atoms. The summed E-state index contributed by atoms with van der Waals surface area (Å²) in [5, 5.41) is 0. The number of halogens is 2. The molecular weight excluding hydrogens is 304 g/mol. The first kappa shape index (κ1) is 13.9. The molecule has 0 heterocycles. The minimum absolute atomic E-state index is 0.0417. The zero-order valence-corrected chi connectivity index (χ0v) is 12.9. The van der Waals surface area contributed by atoms with Gasteiger partial charge in [0, 0.05) is 0 Å². The van der Waals surface area contributed by atoms with Gasteiger partial charge in [-0.25, -0.2) is 0 Å². The Hall–Kier alpha value is 0.946. The van der Waals surface area contributed by atoms with Gasteiger partial charge in [-0.05, 0) is 17.0 Å². The van der Waals surface area contributed by atoms with E-state index in [0.29, 0.717) is 0 Å². The Morgan fingerprint density at radius 1 is 1.15 bits per heavy atom. The Balaban J connectivity index is 0.000000424. The van der Waals surface area contributed by atoms with Crippen molar-refractivity contribution < 1.29 is 0 Å². The molecule has 0 bridgehead atoms. The second-order valence-electron chi connectivity index (χ2n) is 3.64. The molecule has 1 aromatic rings. The SMILES string of the molecule is CC(C)(C)c1cc[c]cc1.[Br][Mg][Br]. The van der Waals surface area contributed by atoms with Crippen molar-refractivity contribution in [1.82, 2.24) is 0 Å². The Morgan fingerprint density at radius 2 is 1.54 bits per heavy atom. The van der Waals surface area contributed by atoms with Crippen molar-refractivity contribution in [3.8, 4) is 0 Å². The van der Waals surface area contributed by atoms with E-state index < -0.39 is 0 Å². The smallest absolute Gasteiger partial charge is 0.280 e. The lowest BCUT2D eigenvalue weighted by Gasteiger charge is -2.17. The van der Waals surface area contributed by atoms with Gasteiger partial charge in [-0.3, -0.25) is 25.8 Å². The number of benzene rings is 1. The maximum absolute atomic E-state index is 3.20. The molecule has 0 amide bonds. The highest BCUT2D eigenvalue weighted by molar-refractivity contribution is 9.47. The minimum atomic E-state index is 0.0417. The maximum atomic E-state index is 3.20. The predicted molar refractivity (Wildman–Crippen MR) is 67.6 cm³/mol. The van der Waals surface area contributed by atoms with Gasteiger partial charge in [0.2, 0.25) is 0 Å². The summed E-state index contributed by atoms with van der Waals surface area (Å²) in [6.07, 6.45) is 0. The van der Waals surface area contributed by atoms with Crippen molar-refractivity contribution in [1.29, 1.82) is 0 Å². The molecule has 3 heteroatoms. The first-order valence-corrected chi connectivity index (χ1v) is 11.9. The molecule has 0 saturated carbocycles. The molecular formula is C10H13Br2Mg. The van der Waals surface area contributed by atoms with Crippen LogP contribution in [0.2, 0.25) is 0 Å². The predicted octanol–water partition coefficient (Wildman–Crippen LogP) is 4.09. The van der Waals surface area contributed by atoms with E-state index >= 15 is 0 Å². The largest absolute Gasteiger partial charge is 0.560 e. The summed E-state index contributed by atoms with van der Waals surface area (Å²) >= 11 is 6.44. The van der Waals surface area contributed by atoms with E-state index in [9.17, 15) is 0 Å². The standard InChI is InChI=1S/C10H13.2BrH.Mg/c1-10(2,3)9-7-5-4-6-8-9;;;/h5-8H,1-3H3;2*1H;/q;;;+2/p-2. The molecule has 0 aliphatic rings. The van der Waals surface area contributed by atoms with Gasteiger partial charge in [0.1, 0.15) is 0 Å². The average molecular weight is 317 g/mol. The summed E-state index contributed by atoms with van der Waals surface area (Å²) < 4.78 is 0. The second-order valence-corrected chi connectivity index (χ2v) is 11.7. The molecule has 0 aromatic heterocycles. The van der Waals surface area contributed by atoms with E-state index in [0.717, 1.165) is 0 Å². The van der Waals surface area contributed by atoms with Crippen LogP contribution in [0.25, 0.3) is 0 Å². The summed E-state index contributed by atoms with van der Waals surface area (Å²) in [5.41, 5.74) is 1.64. The van der Waals surface area contributed by atoms with E-state index in [1.165, 1.54) is 5.56 Å². The Morgan fingerprint density at radius 3 is 1.77 bits per heavy atom. The molecule has 1 rings (SSSR count). The van der Waals surface area contributed by atoms with Crippen molar-refractivity contribution in [2.24, 2.45) is 0 Å². The van der Waals surface area contributed by atoms with Gasteiger partial charge < -0.3 is 0 Å². The van der Waals surface area contributed by atoms with Crippen molar-refractivity contribution >= 4 is 41.8 Å². The molecule has 13 heavy (non-hydrogen) atoms. The zero-order valence-electron chi connectivity index (χ0n) is 8.27. The fraction of sp³-hybridized carbons (Fsp3) is 0.400. The fourth-order valence-corrected chi connectivity index (χ4v) is 0.887. The summed E-state index contributed by atoms with van der Waals surface area (Å²) in [4.78, 5) is 0. The first-order valence-electron chi connectivity index (χ1n) is 4.11. The van der Waals surface area contributed by atoms with Gasteiger partial charge in [-0.2, -0.15) is 0 Å². The van der Waals surface area contributed by atoms with Crippen LogP contribution in [0.15, 0.2) is 24.3 Å². The highest BCUT2D eigenvalue weighted by atomic mass is 79.9. The Kier molecular flexibility index (Phi) is 7.79. The summed E-state index contributed by atoms with van der Waals surface area (Å²) in [7, 11) is 0. The normalized spacial score (nSPS) is 9.62. The van der Waals surface area contributed by atoms with Crippen LogP contribution in [0.4, 0.5) is 0 Å². The van der Waals surface area contributed by atoms with Crippen molar-refractivity contribution in [3.05, 3.63) is 35.9 Å². The number of rotatable bonds is 0. The van der Waals surface area contributed by atoms with Crippen LogP contribution in [0, 0.1) is 6.07 Å². The maximum Gasteiger partial charge on any atom is 0.560 e. The molecule has 0 nitrogen and oxygen atoms in total. The van der Waals surface area contributed by atoms with E-state index in [4.69, 9.17) is 0 Å². The molecule has 0 saturated heterocycles. The topological polar surface area (TPSA) is 0 Å². The van der Waals surface area contributed by atoms with Gasteiger partial charge in [0.25, 0.3) is 0 Å². The molecule has 1 radical (unpaired) electrons. The molecule has 0 unspecified atom stereocenters. The average Bonchev–Trinajstić information content (AvgIpc) is 2.06. The van der Waals surface area contributed by atoms with Crippen LogP contribution in [0.5, 0.6) is 0 Å². The molecule has 0 aliphatic carbocycles. The van der Waals surface area contributed by atoms with Crippen molar-refractivity contribution in [2.45, 2.75) is 26.2 Å². The van der Waals surface area contributed by atoms with Gasteiger partial charge in [0.15, 0.2) is 0 Å². The monoisotopic (exact) mass is 315 g/mol. The summed E-state index contributed by atoms with van der Waals surface area (Å²) in [6.45, 7) is 6.63. The molecule has 0 N–H and O–H groups in total. The van der Waals surface area contributed by atoms with Gasteiger partial charge >= 0.3 is 16.0 Å². The third-order valence-electron chi connectivity index (χ3n) is 1.58. The molecule has 0 fully saturated rings. The van der Waals surface area contributed by atoms with Gasteiger partial charge in [0.05, 0.1) is 0 Å². The van der Waals surface area contributed by atoms with Gasteiger partial charge in [-0.15, -0.1) is 0 Å². The summed E-state index contributed by atoms with van der Waals surface area (Å²) in [5.74, 6) is 0. The summed E-state index contributed by atoms with van der Waals surface area (Å²) in [6, 6.07) is 11.1. The lowest BCUT2D eigenvalue weighted by Crippen LogP contribution is -2.10. The lowest BCUT2D eigenvalue weighted by atomic mass is 9.87. The Bertz CT molecular complexity index is 216. The second kappa shape index (κ2) is 7.27. The number of hydrogen-bond donors (Lipinski definition) is 0. The van der Waals surface area contributed by atoms with Crippen molar-refractivity contribution in [3.63, 3.8) is 0 Å². The van der Waals surface area contributed by atoms with Gasteiger partial charge in [-0.1, -0.05) is 45.0 Å². The van der Waals surface area contributed by atoms with Crippen LogP contribution in [-0.4, -0.2) is 16.0 Å². The third-order valence-corrected chi connectivity index (χ3v) is 1.58. The molecule has 0 aliphatic heterocycles. The quantitative estimate of drug-likeness (QED) is 0.632. The van der Waals surface area contributed by atoms with Crippen LogP contribution in [-0.2, 0) is 5.41 Å². The Labute approximate surface area is 103 Å². The molecule has 1 aromatic carbocycles. The van der Waals surface area contributed by atoms with E-state index in [1.807, 2.05) is 12.1 Å². The van der Waals surface area contributed by atoms with Crippen LogP contribution < -0.4 is 0 Å². The molecule has 0 atom stereocenters. The van der Waals surface area contributed by atoms with E-state index in [2.05, 4.69) is 64.7 Å². The minimum Gasteiger partial charge on any atom is -0.280 e. The molecule has 69 valence electrons. The van der Waals surface area contributed by atoms with E-state index in [1.54, 1.807) is 0 Å². The zero-order chi connectivity index (χ0) is 10.3. The lowest BCUT2D eigenvalue weighted by molar-refractivity contribution is 0.590. The van der Waals surface area contributed by atoms with E-state index in [-0.39, 0.29) is 21.4 Å². The highest BCUT2D eigenvalue weighted by Gasteiger charge is 2.11. The first-order chi connectivity index (χ1) is 6.02. The van der Waals surface area contributed by atoms with Crippen LogP contribution in [0.3, 0.4) is 0 Å². The third kappa shape index (κ3) is 6.94. The van der Waals surface area contributed by atoms with Crippen LogP contribution >= 0.6 is 25.8 Å². The highest BCUT2D eigenvalue weighted by Crippen LogP contribution is 2.20. The van der Waals surface area contributed by atoms with Crippen molar-refractivity contribution in [2.75, 3.05) is 0 Å².